The number of nitriles is 1. The molecule has 1 N–H and O–H groups in total. The van der Waals surface area contributed by atoms with Gasteiger partial charge in [0.25, 0.3) is 0 Å². The first-order valence-electron chi connectivity index (χ1n) is 5.75. The number of fused-ring (bicyclic) bond motifs is 1. The van der Waals surface area contributed by atoms with Crippen LogP contribution in [0.15, 0.2) is 0 Å². The first kappa shape index (κ1) is 13.9. The molecule has 1 aromatic heterocycles. The fourth-order valence-electron chi connectivity index (χ4n) is 2.13. The number of alkyl halides is 3. The molecule has 1 atom stereocenters. The Hall–Kier alpha value is -1.55. The van der Waals surface area contributed by atoms with Gasteiger partial charge in [-0.3, -0.25) is 4.79 Å². The monoisotopic (exact) mass is 288 g/mol. The highest BCUT2D eigenvalue weighted by molar-refractivity contribution is 7.16. The summed E-state index contributed by atoms with van der Waals surface area (Å²) in [6, 6.07) is 1.90. The van der Waals surface area contributed by atoms with Gasteiger partial charge in [0.05, 0.1) is 5.56 Å². The second-order valence-corrected chi connectivity index (χ2v) is 5.72. The summed E-state index contributed by atoms with van der Waals surface area (Å²) in [7, 11) is 0. The third-order valence-electron chi connectivity index (χ3n) is 3.11. The third kappa shape index (κ3) is 2.73. The Bertz CT molecular complexity index is 557. The first-order valence-corrected chi connectivity index (χ1v) is 6.57. The maximum Gasteiger partial charge on any atom is 0.471 e. The van der Waals surface area contributed by atoms with Gasteiger partial charge >= 0.3 is 12.1 Å². The Morgan fingerprint density at radius 1 is 1.53 bits per heavy atom. The standard InChI is InChI=1S/C12H11F3N2OS/c1-6-2-3-7-8(5-16)10(19-9(7)4-6)17-11(18)12(13,14)15/h6H,2-4H2,1H3,(H,17,18)/t6-/m1/s1. The number of nitrogens with one attached hydrogen (secondary N) is 1. The number of halogens is 3. The van der Waals surface area contributed by atoms with E-state index in [1.165, 1.54) is 0 Å². The van der Waals surface area contributed by atoms with Crippen molar-refractivity contribution < 1.29 is 18.0 Å². The highest BCUT2D eigenvalue weighted by atomic mass is 32.1. The van der Waals surface area contributed by atoms with Gasteiger partial charge in [0.15, 0.2) is 0 Å². The quantitative estimate of drug-likeness (QED) is 0.862. The summed E-state index contributed by atoms with van der Waals surface area (Å²) in [4.78, 5) is 11.9. The van der Waals surface area contributed by atoms with Crippen molar-refractivity contribution in [2.45, 2.75) is 32.4 Å². The van der Waals surface area contributed by atoms with Crippen molar-refractivity contribution >= 4 is 22.2 Å². The molecule has 7 heteroatoms. The van der Waals surface area contributed by atoms with Gasteiger partial charge in [0.2, 0.25) is 0 Å². The van der Waals surface area contributed by atoms with Gasteiger partial charge in [-0.15, -0.1) is 11.3 Å². The lowest BCUT2D eigenvalue weighted by Crippen LogP contribution is -2.29. The molecule has 1 aliphatic rings. The summed E-state index contributed by atoms with van der Waals surface area (Å²) in [6.45, 7) is 2.06. The van der Waals surface area contributed by atoms with Crippen LogP contribution in [0.25, 0.3) is 0 Å². The molecule has 19 heavy (non-hydrogen) atoms. The van der Waals surface area contributed by atoms with Crippen LogP contribution < -0.4 is 5.32 Å². The average Bonchev–Trinajstić information content (AvgIpc) is 2.63. The molecule has 0 bridgehead atoms. The highest BCUT2D eigenvalue weighted by Crippen LogP contribution is 2.39. The van der Waals surface area contributed by atoms with Crippen molar-refractivity contribution in [3.8, 4) is 6.07 Å². The van der Waals surface area contributed by atoms with E-state index >= 15 is 0 Å². The maximum atomic E-state index is 12.2. The Labute approximate surface area is 112 Å². The van der Waals surface area contributed by atoms with E-state index in [1.54, 1.807) is 5.32 Å². The largest absolute Gasteiger partial charge is 0.471 e. The molecular formula is C12H11F3N2OS. The Kier molecular flexibility index (Phi) is 3.54. The van der Waals surface area contributed by atoms with E-state index in [2.05, 4.69) is 6.92 Å². The molecule has 0 radical (unpaired) electrons. The van der Waals surface area contributed by atoms with Gasteiger partial charge in [-0.2, -0.15) is 18.4 Å². The molecule has 1 heterocycles. The van der Waals surface area contributed by atoms with Crippen LogP contribution in [0.5, 0.6) is 0 Å². The molecule has 0 unspecified atom stereocenters. The summed E-state index contributed by atoms with van der Waals surface area (Å²) in [5.41, 5.74) is 0.979. The molecule has 0 saturated carbocycles. The van der Waals surface area contributed by atoms with E-state index in [0.29, 0.717) is 12.3 Å². The number of thiophene rings is 1. The lowest BCUT2D eigenvalue weighted by molar-refractivity contribution is -0.167. The van der Waals surface area contributed by atoms with Crippen LogP contribution in [-0.2, 0) is 17.6 Å². The molecular weight excluding hydrogens is 277 g/mol. The molecule has 0 saturated heterocycles. The van der Waals surface area contributed by atoms with Crippen molar-refractivity contribution in [3.63, 3.8) is 0 Å². The van der Waals surface area contributed by atoms with Gasteiger partial charge < -0.3 is 5.32 Å². The van der Waals surface area contributed by atoms with Crippen molar-refractivity contribution in [1.29, 1.82) is 5.26 Å². The first-order chi connectivity index (χ1) is 8.82. The molecule has 102 valence electrons. The van der Waals surface area contributed by atoms with Crippen LogP contribution in [-0.4, -0.2) is 12.1 Å². The summed E-state index contributed by atoms with van der Waals surface area (Å²) >= 11 is 1.08. The summed E-state index contributed by atoms with van der Waals surface area (Å²) < 4.78 is 36.7. The number of rotatable bonds is 1. The van der Waals surface area contributed by atoms with Crippen LogP contribution >= 0.6 is 11.3 Å². The van der Waals surface area contributed by atoms with Gasteiger partial charge in [0, 0.05) is 4.88 Å². The lowest BCUT2D eigenvalue weighted by atomic mass is 9.89. The predicted octanol–water partition coefficient (Wildman–Crippen LogP) is 3.25. The molecule has 0 aliphatic heterocycles. The minimum Gasteiger partial charge on any atom is -0.309 e. The number of hydrogen-bond acceptors (Lipinski definition) is 3. The van der Waals surface area contributed by atoms with Crippen LogP contribution in [0.1, 0.15) is 29.3 Å². The zero-order valence-corrected chi connectivity index (χ0v) is 10.9. The number of carbonyl (C=O) groups is 1. The second-order valence-electron chi connectivity index (χ2n) is 4.62. The van der Waals surface area contributed by atoms with Gasteiger partial charge in [0.1, 0.15) is 11.1 Å². The SMILES string of the molecule is C[C@@H]1CCc2c(sc(NC(=O)C(F)(F)F)c2C#N)C1. The Morgan fingerprint density at radius 3 is 2.79 bits per heavy atom. The predicted molar refractivity (Wildman–Crippen MR) is 64.9 cm³/mol. The van der Waals surface area contributed by atoms with Crippen LogP contribution in [0.3, 0.4) is 0 Å². The van der Waals surface area contributed by atoms with E-state index in [-0.39, 0.29) is 10.6 Å². The average molecular weight is 288 g/mol. The molecule has 3 nitrogen and oxygen atoms in total. The van der Waals surface area contributed by atoms with E-state index in [9.17, 15) is 18.0 Å². The number of nitrogens with zero attached hydrogens (tertiary/aromatic N) is 1. The van der Waals surface area contributed by atoms with E-state index < -0.39 is 12.1 Å². The van der Waals surface area contributed by atoms with Crippen molar-refractivity contribution in [2.24, 2.45) is 5.92 Å². The highest BCUT2D eigenvalue weighted by Gasteiger charge is 2.39. The summed E-state index contributed by atoms with van der Waals surface area (Å²) in [6.07, 6.45) is -2.61. The Morgan fingerprint density at radius 2 is 2.21 bits per heavy atom. The van der Waals surface area contributed by atoms with E-state index in [0.717, 1.165) is 34.6 Å². The van der Waals surface area contributed by atoms with Gasteiger partial charge in [-0.25, -0.2) is 0 Å². The normalized spacial score (nSPS) is 18.6. The molecule has 0 spiro atoms. The zero-order valence-electron chi connectivity index (χ0n) is 10.1. The second kappa shape index (κ2) is 4.85. The number of hydrogen-bond donors (Lipinski definition) is 1. The molecule has 1 aromatic rings. The maximum absolute atomic E-state index is 12.2. The molecule has 1 amide bonds. The molecule has 0 fully saturated rings. The molecule has 2 rings (SSSR count). The van der Waals surface area contributed by atoms with E-state index in [4.69, 9.17) is 5.26 Å². The number of anilines is 1. The lowest BCUT2D eigenvalue weighted by Gasteiger charge is -2.17. The smallest absolute Gasteiger partial charge is 0.309 e. The third-order valence-corrected chi connectivity index (χ3v) is 4.28. The van der Waals surface area contributed by atoms with E-state index in [1.807, 2.05) is 6.07 Å². The van der Waals surface area contributed by atoms with Gasteiger partial charge in [-0.1, -0.05) is 6.92 Å². The zero-order chi connectivity index (χ0) is 14.2. The van der Waals surface area contributed by atoms with Crippen molar-refractivity contribution in [3.05, 3.63) is 16.0 Å². The molecule has 0 aromatic carbocycles. The minimum absolute atomic E-state index is 0.0175. The summed E-state index contributed by atoms with van der Waals surface area (Å²) in [5, 5.41) is 10.9. The minimum atomic E-state index is -4.94. The number of carbonyl (C=O) groups excluding carboxylic acids is 1. The molecule has 1 aliphatic carbocycles. The topological polar surface area (TPSA) is 52.9 Å². The fourth-order valence-corrected chi connectivity index (χ4v) is 3.49. The Balaban J connectivity index is 2.33. The van der Waals surface area contributed by atoms with Crippen LogP contribution in [0.2, 0.25) is 0 Å². The van der Waals surface area contributed by atoms with Crippen LogP contribution in [0.4, 0.5) is 18.2 Å². The van der Waals surface area contributed by atoms with Crippen LogP contribution in [0, 0.1) is 17.2 Å². The summed E-state index contributed by atoms with van der Waals surface area (Å²) in [5.74, 6) is -1.58. The van der Waals surface area contributed by atoms with Crippen molar-refractivity contribution in [1.82, 2.24) is 0 Å². The van der Waals surface area contributed by atoms with Crippen molar-refractivity contribution in [2.75, 3.05) is 5.32 Å². The number of amides is 1. The fraction of sp³-hybridized carbons (Fsp3) is 0.500. The van der Waals surface area contributed by atoms with Gasteiger partial charge in [-0.05, 0) is 30.7 Å².